The van der Waals surface area contributed by atoms with Crippen LogP contribution in [0.25, 0.3) is 0 Å². The maximum Gasteiger partial charge on any atom is 0.359 e. The molecule has 0 unspecified atom stereocenters. The molecule has 0 spiro atoms. The Kier molecular flexibility index (Phi) is 5.08. The van der Waals surface area contributed by atoms with E-state index >= 15 is 0 Å². The normalized spacial score (nSPS) is 10.0. The van der Waals surface area contributed by atoms with Gasteiger partial charge in [0.15, 0.2) is 12.3 Å². The number of rotatable bonds is 4. The van der Waals surface area contributed by atoms with Crippen molar-refractivity contribution >= 4 is 40.8 Å². The second-order valence-electron chi connectivity index (χ2n) is 3.81. The number of nitrogens with one attached hydrogen (secondary N) is 1. The molecule has 0 saturated heterocycles. The van der Waals surface area contributed by atoms with E-state index in [1.165, 1.54) is 18.6 Å². The maximum absolute atomic E-state index is 11.7. The van der Waals surface area contributed by atoms with Gasteiger partial charge in [-0.3, -0.25) is 9.78 Å². The number of halogens is 2. The number of hydrogen-bond donors (Lipinski definition) is 1. The number of amides is 1. The summed E-state index contributed by atoms with van der Waals surface area (Å²) in [5, 5.41) is 3.05. The average Bonchev–Trinajstić information content (AvgIpc) is 2.49. The Morgan fingerprint density at radius 3 is 2.52 bits per heavy atom. The lowest BCUT2D eigenvalue weighted by molar-refractivity contribution is -0.119. The van der Waals surface area contributed by atoms with E-state index in [0.717, 1.165) is 0 Å². The van der Waals surface area contributed by atoms with E-state index in [1.54, 1.807) is 18.2 Å². The fourth-order valence-corrected chi connectivity index (χ4v) is 1.89. The van der Waals surface area contributed by atoms with E-state index in [0.29, 0.717) is 0 Å². The first kappa shape index (κ1) is 15.2. The first-order valence-electron chi connectivity index (χ1n) is 5.75. The van der Waals surface area contributed by atoms with Crippen molar-refractivity contribution in [1.82, 2.24) is 9.97 Å². The fourth-order valence-electron chi connectivity index (χ4n) is 1.40. The third-order valence-electron chi connectivity index (χ3n) is 2.33. The van der Waals surface area contributed by atoms with E-state index in [9.17, 15) is 9.59 Å². The Balaban J connectivity index is 1.92. The molecule has 1 N–H and O–H groups in total. The van der Waals surface area contributed by atoms with E-state index < -0.39 is 18.5 Å². The van der Waals surface area contributed by atoms with Crippen molar-refractivity contribution < 1.29 is 14.3 Å². The highest BCUT2D eigenvalue weighted by Crippen LogP contribution is 2.29. The van der Waals surface area contributed by atoms with Gasteiger partial charge in [-0.15, -0.1) is 0 Å². The molecule has 1 aromatic carbocycles. The van der Waals surface area contributed by atoms with Gasteiger partial charge < -0.3 is 10.1 Å². The van der Waals surface area contributed by atoms with Crippen LogP contribution in [0.3, 0.4) is 0 Å². The first-order chi connectivity index (χ1) is 10.1. The summed E-state index contributed by atoms with van der Waals surface area (Å²) < 4.78 is 4.80. The number of para-hydroxylation sites is 1. The van der Waals surface area contributed by atoms with E-state index in [2.05, 4.69) is 15.3 Å². The summed E-state index contributed by atoms with van der Waals surface area (Å²) in [6.07, 6.45) is 4.01. The molecule has 2 rings (SSSR count). The van der Waals surface area contributed by atoms with Crippen LogP contribution in [0.1, 0.15) is 10.5 Å². The topological polar surface area (TPSA) is 81.2 Å². The molecule has 1 heterocycles. The average molecular weight is 326 g/mol. The molecule has 0 aliphatic carbocycles. The molecule has 2 aromatic rings. The number of anilines is 1. The van der Waals surface area contributed by atoms with Crippen LogP contribution in [-0.2, 0) is 9.53 Å². The summed E-state index contributed by atoms with van der Waals surface area (Å²) >= 11 is 11.8. The molecule has 108 valence electrons. The van der Waals surface area contributed by atoms with E-state index in [4.69, 9.17) is 27.9 Å². The van der Waals surface area contributed by atoms with E-state index in [1.807, 2.05) is 0 Å². The zero-order chi connectivity index (χ0) is 15.2. The van der Waals surface area contributed by atoms with Gasteiger partial charge >= 0.3 is 5.97 Å². The molecule has 0 radical (unpaired) electrons. The van der Waals surface area contributed by atoms with Gasteiger partial charge in [0.1, 0.15) is 0 Å². The monoisotopic (exact) mass is 325 g/mol. The highest BCUT2D eigenvalue weighted by molar-refractivity contribution is 6.39. The molecule has 1 amide bonds. The fraction of sp³-hybridized carbons (Fsp3) is 0.0769. The number of ether oxygens (including phenoxy) is 1. The van der Waals surface area contributed by atoms with Gasteiger partial charge in [0.25, 0.3) is 5.91 Å². The Bertz CT molecular complexity index is 645. The summed E-state index contributed by atoms with van der Waals surface area (Å²) in [5.74, 6) is -1.31. The van der Waals surface area contributed by atoms with Crippen molar-refractivity contribution in [3.05, 3.63) is 52.5 Å². The van der Waals surface area contributed by atoms with Crippen LogP contribution in [0, 0.1) is 0 Å². The molecule has 0 saturated carbocycles. The van der Waals surface area contributed by atoms with Crippen molar-refractivity contribution in [2.45, 2.75) is 0 Å². The molecule has 0 fully saturated rings. The second kappa shape index (κ2) is 7.01. The van der Waals surface area contributed by atoms with Gasteiger partial charge in [0, 0.05) is 12.4 Å². The molecule has 0 atom stereocenters. The molecule has 0 bridgehead atoms. The lowest BCUT2D eigenvalue weighted by atomic mass is 10.3. The zero-order valence-electron chi connectivity index (χ0n) is 10.5. The summed E-state index contributed by atoms with van der Waals surface area (Å²) in [7, 11) is 0. The van der Waals surface area contributed by atoms with Crippen molar-refractivity contribution in [3.63, 3.8) is 0 Å². The summed E-state index contributed by atoms with van der Waals surface area (Å²) in [5.41, 5.74) is 0.280. The highest BCUT2D eigenvalue weighted by atomic mass is 35.5. The second-order valence-corrected chi connectivity index (χ2v) is 4.63. The van der Waals surface area contributed by atoms with Crippen molar-refractivity contribution in [3.8, 4) is 0 Å². The number of hydrogen-bond acceptors (Lipinski definition) is 5. The van der Waals surface area contributed by atoms with Gasteiger partial charge in [-0.25, -0.2) is 9.78 Å². The lowest BCUT2D eigenvalue weighted by Crippen LogP contribution is -2.21. The van der Waals surface area contributed by atoms with Gasteiger partial charge in [0.05, 0.1) is 21.9 Å². The highest BCUT2D eigenvalue weighted by Gasteiger charge is 2.13. The quantitative estimate of drug-likeness (QED) is 0.874. The Hall–Kier alpha value is -2.18. The van der Waals surface area contributed by atoms with Crippen LogP contribution in [0.15, 0.2) is 36.8 Å². The lowest BCUT2D eigenvalue weighted by Gasteiger charge is -2.09. The largest absolute Gasteiger partial charge is 0.451 e. The number of carbonyl (C=O) groups excluding carboxylic acids is 2. The third kappa shape index (κ3) is 4.14. The van der Waals surface area contributed by atoms with E-state index in [-0.39, 0.29) is 21.4 Å². The minimum absolute atomic E-state index is 0.0149. The Morgan fingerprint density at radius 1 is 1.19 bits per heavy atom. The van der Waals surface area contributed by atoms with Crippen LogP contribution in [-0.4, -0.2) is 28.5 Å². The van der Waals surface area contributed by atoms with Crippen LogP contribution < -0.4 is 5.32 Å². The zero-order valence-corrected chi connectivity index (χ0v) is 12.1. The molecule has 6 nitrogen and oxygen atoms in total. The molecule has 0 aliphatic heterocycles. The molecule has 21 heavy (non-hydrogen) atoms. The number of esters is 1. The standard InChI is InChI=1S/C13H9Cl2N3O3/c14-8-2-1-3-9(15)12(8)18-11(19)7-21-13(20)10-6-16-4-5-17-10/h1-6H,7H2,(H,18,19). The Morgan fingerprint density at radius 2 is 1.90 bits per heavy atom. The molecule has 0 aliphatic rings. The minimum atomic E-state index is -0.747. The van der Waals surface area contributed by atoms with Gasteiger partial charge in [0.2, 0.25) is 0 Å². The summed E-state index contributed by atoms with van der Waals surface area (Å²) in [6.45, 7) is -0.489. The van der Waals surface area contributed by atoms with Crippen LogP contribution in [0.2, 0.25) is 10.0 Å². The maximum atomic E-state index is 11.7. The first-order valence-corrected chi connectivity index (χ1v) is 6.50. The molecule has 8 heteroatoms. The van der Waals surface area contributed by atoms with Crippen molar-refractivity contribution in [2.75, 3.05) is 11.9 Å². The molecular formula is C13H9Cl2N3O3. The van der Waals surface area contributed by atoms with Crippen LogP contribution >= 0.6 is 23.2 Å². The van der Waals surface area contributed by atoms with Crippen LogP contribution in [0.5, 0.6) is 0 Å². The van der Waals surface area contributed by atoms with Gasteiger partial charge in [-0.2, -0.15) is 0 Å². The predicted molar refractivity (Wildman–Crippen MR) is 77.4 cm³/mol. The number of benzene rings is 1. The SMILES string of the molecule is O=C(COC(=O)c1cnccn1)Nc1c(Cl)cccc1Cl. The predicted octanol–water partition coefficient (Wildman–Crippen LogP) is 2.58. The smallest absolute Gasteiger partial charge is 0.359 e. The number of carbonyl (C=O) groups is 2. The number of nitrogens with zero attached hydrogens (tertiary/aromatic N) is 2. The van der Waals surface area contributed by atoms with Gasteiger partial charge in [-0.1, -0.05) is 29.3 Å². The summed E-state index contributed by atoms with van der Waals surface area (Å²) in [6, 6.07) is 4.80. The van der Waals surface area contributed by atoms with Crippen molar-refractivity contribution in [2.24, 2.45) is 0 Å². The number of aromatic nitrogens is 2. The third-order valence-corrected chi connectivity index (χ3v) is 2.96. The molecule has 1 aromatic heterocycles. The Labute approximate surface area is 130 Å². The van der Waals surface area contributed by atoms with Gasteiger partial charge in [-0.05, 0) is 12.1 Å². The minimum Gasteiger partial charge on any atom is -0.451 e. The van der Waals surface area contributed by atoms with Crippen molar-refractivity contribution in [1.29, 1.82) is 0 Å². The summed E-state index contributed by atoms with van der Waals surface area (Å²) in [4.78, 5) is 30.8. The van der Waals surface area contributed by atoms with Crippen LogP contribution in [0.4, 0.5) is 5.69 Å². The molecular weight excluding hydrogens is 317 g/mol.